The van der Waals surface area contributed by atoms with Gasteiger partial charge in [0.15, 0.2) is 0 Å². The highest BCUT2D eigenvalue weighted by Gasteiger charge is 2.22. The first-order valence-corrected chi connectivity index (χ1v) is 8.93. The van der Waals surface area contributed by atoms with Crippen LogP contribution in [-0.2, 0) is 0 Å². The van der Waals surface area contributed by atoms with E-state index in [9.17, 15) is 9.59 Å². The summed E-state index contributed by atoms with van der Waals surface area (Å²) in [6.45, 7) is 0. The van der Waals surface area contributed by atoms with Gasteiger partial charge in [0.05, 0.1) is 5.39 Å². The molecule has 0 aliphatic heterocycles. The molecule has 0 amide bonds. The second-order valence-corrected chi connectivity index (χ2v) is 6.87. The summed E-state index contributed by atoms with van der Waals surface area (Å²) in [5, 5.41) is 0.977. The first kappa shape index (κ1) is 16.1. The maximum Gasteiger partial charge on any atom is 0.330 e. The maximum absolute atomic E-state index is 12.6. The van der Waals surface area contributed by atoms with Crippen LogP contribution in [0, 0.1) is 0 Å². The lowest BCUT2D eigenvalue weighted by Gasteiger charge is -2.24. The number of rotatable bonds is 2. The minimum atomic E-state index is -0.421. The number of aromatic nitrogens is 3. The summed E-state index contributed by atoms with van der Waals surface area (Å²) in [5.74, 6) is 0. The first-order valence-electron chi connectivity index (χ1n) is 8.55. The third-order valence-electron chi connectivity index (χ3n) is 4.93. The number of hydrogen-bond donors (Lipinski definition) is 1. The van der Waals surface area contributed by atoms with E-state index >= 15 is 0 Å². The lowest BCUT2D eigenvalue weighted by atomic mass is 9.95. The molecule has 0 bridgehead atoms. The fraction of sp³-hybridized carbons (Fsp3) is 0.316. The number of aromatic amines is 1. The van der Waals surface area contributed by atoms with Gasteiger partial charge in [0.2, 0.25) is 0 Å². The summed E-state index contributed by atoms with van der Waals surface area (Å²) in [5.41, 5.74) is 1.10. The van der Waals surface area contributed by atoms with Crippen LogP contribution in [0.25, 0.3) is 22.2 Å². The Balaban J connectivity index is 2.04. The molecule has 1 aromatic carbocycles. The average molecular weight is 356 g/mol. The van der Waals surface area contributed by atoms with Gasteiger partial charge in [0.25, 0.3) is 5.56 Å². The molecular weight excluding hydrogens is 338 g/mol. The molecule has 0 unspecified atom stereocenters. The molecule has 5 nitrogen and oxygen atoms in total. The largest absolute Gasteiger partial charge is 0.330 e. The molecule has 6 heteroatoms. The van der Waals surface area contributed by atoms with E-state index in [0.717, 1.165) is 31.2 Å². The number of H-pyrrole nitrogens is 1. The van der Waals surface area contributed by atoms with Crippen LogP contribution in [0.2, 0.25) is 5.02 Å². The van der Waals surface area contributed by atoms with Crippen molar-refractivity contribution in [1.82, 2.24) is 14.5 Å². The summed E-state index contributed by atoms with van der Waals surface area (Å²) in [6, 6.07) is 9.22. The molecule has 0 saturated heterocycles. The summed E-state index contributed by atoms with van der Waals surface area (Å²) in [6.07, 6.45) is 6.85. The number of nitrogens with zero attached hydrogens (tertiary/aromatic N) is 2. The predicted octanol–water partition coefficient (Wildman–Crippen LogP) is 3.91. The Bertz CT molecular complexity index is 1050. The SMILES string of the molecule is O=c1[nH]c(=O)n(C2CCCCC2)c2nccc(-c3ccccc3Cl)c12. The highest BCUT2D eigenvalue weighted by Crippen LogP contribution is 2.33. The van der Waals surface area contributed by atoms with Crippen molar-refractivity contribution >= 4 is 22.6 Å². The van der Waals surface area contributed by atoms with Gasteiger partial charge in [-0.05, 0) is 25.0 Å². The van der Waals surface area contributed by atoms with Gasteiger partial charge in [0, 0.05) is 28.4 Å². The molecule has 2 aromatic heterocycles. The molecule has 3 aromatic rings. The molecule has 0 atom stereocenters. The van der Waals surface area contributed by atoms with Crippen LogP contribution >= 0.6 is 11.6 Å². The Morgan fingerprint density at radius 2 is 1.80 bits per heavy atom. The number of fused-ring (bicyclic) bond motifs is 1. The second kappa shape index (κ2) is 6.48. The van der Waals surface area contributed by atoms with Gasteiger partial charge in [-0.15, -0.1) is 0 Å². The van der Waals surface area contributed by atoms with Crippen LogP contribution in [0.4, 0.5) is 0 Å². The van der Waals surface area contributed by atoms with E-state index in [1.807, 2.05) is 18.2 Å². The molecule has 2 heterocycles. The van der Waals surface area contributed by atoms with E-state index in [-0.39, 0.29) is 11.7 Å². The van der Waals surface area contributed by atoms with Crippen LogP contribution in [0.1, 0.15) is 38.1 Å². The van der Waals surface area contributed by atoms with Gasteiger partial charge in [-0.2, -0.15) is 0 Å². The van der Waals surface area contributed by atoms with Crippen molar-refractivity contribution in [1.29, 1.82) is 0 Å². The molecule has 0 spiro atoms. The maximum atomic E-state index is 12.6. The minimum Gasteiger partial charge on any atom is -0.274 e. The Morgan fingerprint density at radius 3 is 2.56 bits per heavy atom. The van der Waals surface area contributed by atoms with E-state index in [4.69, 9.17) is 11.6 Å². The molecule has 1 aliphatic rings. The van der Waals surface area contributed by atoms with E-state index in [0.29, 0.717) is 21.6 Å². The van der Waals surface area contributed by atoms with Gasteiger partial charge < -0.3 is 0 Å². The molecule has 0 radical (unpaired) electrons. The zero-order valence-electron chi connectivity index (χ0n) is 13.7. The lowest BCUT2D eigenvalue weighted by molar-refractivity contribution is 0.349. The van der Waals surface area contributed by atoms with E-state index < -0.39 is 5.56 Å². The van der Waals surface area contributed by atoms with E-state index in [1.54, 1.807) is 22.9 Å². The Hall–Kier alpha value is -2.40. The predicted molar refractivity (Wildman–Crippen MR) is 99.2 cm³/mol. The van der Waals surface area contributed by atoms with Crippen molar-refractivity contribution in [2.75, 3.05) is 0 Å². The van der Waals surface area contributed by atoms with Gasteiger partial charge in [-0.1, -0.05) is 49.1 Å². The monoisotopic (exact) mass is 355 g/mol. The number of benzene rings is 1. The van der Waals surface area contributed by atoms with Crippen LogP contribution in [0.5, 0.6) is 0 Å². The Labute approximate surface area is 149 Å². The molecular formula is C19H18ClN3O2. The number of hydrogen-bond acceptors (Lipinski definition) is 3. The van der Waals surface area contributed by atoms with Crippen molar-refractivity contribution in [3.63, 3.8) is 0 Å². The van der Waals surface area contributed by atoms with Gasteiger partial charge in [-0.3, -0.25) is 14.3 Å². The summed E-state index contributed by atoms with van der Waals surface area (Å²) >= 11 is 6.33. The summed E-state index contributed by atoms with van der Waals surface area (Å²) in [4.78, 5) is 32.0. The highest BCUT2D eigenvalue weighted by atomic mass is 35.5. The van der Waals surface area contributed by atoms with Crippen molar-refractivity contribution in [3.05, 3.63) is 62.4 Å². The van der Waals surface area contributed by atoms with Crippen LogP contribution in [0.3, 0.4) is 0 Å². The van der Waals surface area contributed by atoms with Crippen LogP contribution in [0.15, 0.2) is 46.1 Å². The molecule has 1 fully saturated rings. The molecule has 4 rings (SSSR count). The van der Waals surface area contributed by atoms with E-state index in [1.165, 1.54) is 6.42 Å². The van der Waals surface area contributed by atoms with Crippen LogP contribution in [-0.4, -0.2) is 14.5 Å². The number of pyridine rings is 1. The zero-order valence-corrected chi connectivity index (χ0v) is 14.4. The van der Waals surface area contributed by atoms with Crippen molar-refractivity contribution in [3.8, 4) is 11.1 Å². The standard InChI is InChI=1S/C19H18ClN3O2/c20-15-9-5-4-8-13(15)14-10-11-21-17-16(14)18(24)22-19(25)23(17)12-6-2-1-3-7-12/h4-5,8-12H,1-3,6-7H2,(H,22,24,25). The third-order valence-corrected chi connectivity index (χ3v) is 5.26. The smallest absolute Gasteiger partial charge is 0.274 e. The highest BCUT2D eigenvalue weighted by molar-refractivity contribution is 6.33. The molecule has 128 valence electrons. The van der Waals surface area contributed by atoms with Gasteiger partial charge >= 0.3 is 5.69 Å². The summed E-state index contributed by atoms with van der Waals surface area (Å²) < 4.78 is 1.66. The van der Waals surface area contributed by atoms with Gasteiger partial charge in [0.1, 0.15) is 5.65 Å². The number of nitrogens with one attached hydrogen (secondary N) is 1. The molecule has 1 N–H and O–H groups in total. The fourth-order valence-corrected chi connectivity index (χ4v) is 3.99. The number of halogens is 1. The fourth-order valence-electron chi connectivity index (χ4n) is 3.76. The minimum absolute atomic E-state index is 0.0783. The topological polar surface area (TPSA) is 67.8 Å². The normalized spacial score (nSPS) is 15.6. The lowest BCUT2D eigenvalue weighted by Crippen LogP contribution is -2.34. The molecule has 1 aliphatic carbocycles. The third kappa shape index (κ3) is 2.78. The average Bonchev–Trinajstić information content (AvgIpc) is 2.62. The Morgan fingerprint density at radius 1 is 1.04 bits per heavy atom. The molecule has 1 saturated carbocycles. The zero-order chi connectivity index (χ0) is 17.4. The van der Waals surface area contributed by atoms with E-state index in [2.05, 4.69) is 9.97 Å². The second-order valence-electron chi connectivity index (χ2n) is 6.46. The quantitative estimate of drug-likeness (QED) is 0.757. The van der Waals surface area contributed by atoms with Crippen molar-refractivity contribution < 1.29 is 0 Å². The molecule has 25 heavy (non-hydrogen) atoms. The van der Waals surface area contributed by atoms with Crippen LogP contribution < -0.4 is 11.2 Å². The summed E-state index contributed by atoms with van der Waals surface area (Å²) in [7, 11) is 0. The Kier molecular flexibility index (Phi) is 4.17. The van der Waals surface area contributed by atoms with Crippen molar-refractivity contribution in [2.24, 2.45) is 0 Å². The first-order chi connectivity index (χ1) is 12.2. The van der Waals surface area contributed by atoms with Gasteiger partial charge in [-0.25, -0.2) is 9.78 Å². The van der Waals surface area contributed by atoms with Crippen molar-refractivity contribution in [2.45, 2.75) is 38.1 Å².